The highest BCUT2D eigenvalue weighted by atomic mass is 16.6. The third kappa shape index (κ3) is 6.83. The van der Waals surface area contributed by atoms with Crippen LogP contribution in [0.2, 0.25) is 0 Å². The van der Waals surface area contributed by atoms with E-state index in [-0.39, 0.29) is 17.3 Å². The second-order valence-corrected chi connectivity index (χ2v) is 8.03. The van der Waals surface area contributed by atoms with E-state index in [4.69, 9.17) is 4.74 Å². The molecule has 0 aliphatic carbocycles. The fourth-order valence-electron chi connectivity index (χ4n) is 3.07. The summed E-state index contributed by atoms with van der Waals surface area (Å²) < 4.78 is 9.89. The van der Waals surface area contributed by atoms with Crippen molar-refractivity contribution in [2.24, 2.45) is 0 Å². The van der Waals surface area contributed by atoms with Crippen LogP contribution in [0.4, 0.5) is 16.2 Å². The van der Waals surface area contributed by atoms with Crippen LogP contribution in [0, 0.1) is 10.1 Å². The summed E-state index contributed by atoms with van der Waals surface area (Å²) in [6.45, 7) is 7.02. The molecule has 0 unspecified atom stereocenters. The normalized spacial score (nSPS) is 14.5. The number of esters is 1. The number of ether oxygens (including phenoxy) is 2. The predicted octanol–water partition coefficient (Wildman–Crippen LogP) is 1.94. The first-order valence-electron chi connectivity index (χ1n) is 9.88. The lowest BCUT2D eigenvalue weighted by Crippen LogP contribution is -2.39. The first-order chi connectivity index (χ1) is 14.5. The van der Waals surface area contributed by atoms with Crippen LogP contribution in [-0.4, -0.2) is 73.2 Å². The number of anilines is 1. The summed E-state index contributed by atoms with van der Waals surface area (Å²) in [5.41, 5.74) is -0.496. The van der Waals surface area contributed by atoms with Gasteiger partial charge in [-0.15, -0.1) is 0 Å². The third-order valence-electron chi connectivity index (χ3n) is 4.56. The van der Waals surface area contributed by atoms with E-state index in [2.05, 4.69) is 10.1 Å². The molecular formula is C20H28N4O7. The van der Waals surface area contributed by atoms with E-state index in [1.807, 2.05) is 4.90 Å². The maximum atomic E-state index is 12.5. The van der Waals surface area contributed by atoms with Gasteiger partial charge in [0, 0.05) is 37.9 Å². The van der Waals surface area contributed by atoms with Gasteiger partial charge in [-0.2, -0.15) is 0 Å². The summed E-state index contributed by atoms with van der Waals surface area (Å²) in [5, 5.41) is 13.7. The minimum Gasteiger partial charge on any atom is -0.468 e. The van der Waals surface area contributed by atoms with E-state index in [1.54, 1.807) is 31.7 Å². The zero-order valence-electron chi connectivity index (χ0n) is 18.2. The van der Waals surface area contributed by atoms with Crippen molar-refractivity contribution >= 4 is 29.3 Å². The molecule has 1 saturated heterocycles. The molecule has 1 aromatic rings. The Labute approximate surface area is 180 Å². The Morgan fingerprint density at radius 2 is 1.87 bits per heavy atom. The van der Waals surface area contributed by atoms with E-state index in [9.17, 15) is 24.5 Å². The zero-order chi connectivity index (χ0) is 23.2. The van der Waals surface area contributed by atoms with Gasteiger partial charge in [-0.25, -0.2) is 4.79 Å². The molecule has 1 N–H and O–H groups in total. The smallest absolute Gasteiger partial charge is 0.410 e. The van der Waals surface area contributed by atoms with Crippen molar-refractivity contribution in [3.8, 4) is 0 Å². The van der Waals surface area contributed by atoms with Crippen molar-refractivity contribution in [2.45, 2.75) is 32.8 Å². The van der Waals surface area contributed by atoms with Crippen molar-refractivity contribution < 1.29 is 28.8 Å². The molecule has 170 valence electrons. The van der Waals surface area contributed by atoms with Gasteiger partial charge < -0.3 is 24.6 Å². The number of carbonyl (C=O) groups is 3. The van der Waals surface area contributed by atoms with Gasteiger partial charge in [-0.1, -0.05) is 0 Å². The van der Waals surface area contributed by atoms with Gasteiger partial charge in [0.2, 0.25) is 0 Å². The SMILES string of the molecule is COC(=O)CNC(=O)c1cc(N2CCCN(C(=O)OC(C)(C)C)CC2)ccc1[N+](=O)[O-]. The Hall–Kier alpha value is -3.37. The molecule has 2 amide bonds. The number of nitro groups is 1. The highest BCUT2D eigenvalue weighted by Gasteiger charge is 2.26. The zero-order valence-corrected chi connectivity index (χ0v) is 18.2. The number of carbonyl (C=O) groups excluding carboxylic acids is 3. The van der Waals surface area contributed by atoms with Crippen LogP contribution in [0.5, 0.6) is 0 Å². The number of hydrogen-bond donors (Lipinski definition) is 1. The van der Waals surface area contributed by atoms with Crippen LogP contribution in [0.3, 0.4) is 0 Å². The Morgan fingerprint density at radius 3 is 2.48 bits per heavy atom. The number of benzene rings is 1. The number of methoxy groups -OCH3 is 1. The van der Waals surface area contributed by atoms with Crippen LogP contribution < -0.4 is 10.2 Å². The van der Waals surface area contributed by atoms with Crippen LogP contribution in [0.25, 0.3) is 0 Å². The topological polar surface area (TPSA) is 131 Å². The quantitative estimate of drug-likeness (QED) is 0.421. The number of hydrogen-bond acceptors (Lipinski definition) is 8. The number of nitrogens with one attached hydrogen (secondary N) is 1. The molecule has 31 heavy (non-hydrogen) atoms. The van der Waals surface area contributed by atoms with Crippen molar-refractivity contribution in [1.82, 2.24) is 10.2 Å². The lowest BCUT2D eigenvalue weighted by Gasteiger charge is -2.27. The molecule has 0 saturated carbocycles. The number of nitrogens with zero attached hydrogens (tertiary/aromatic N) is 3. The van der Waals surface area contributed by atoms with Crippen LogP contribution in [-0.2, 0) is 14.3 Å². The van der Waals surface area contributed by atoms with Crippen molar-refractivity contribution in [3.63, 3.8) is 0 Å². The minimum absolute atomic E-state index is 0.153. The molecule has 0 radical (unpaired) electrons. The van der Waals surface area contributed by atoms with Crippen LogP contribution in [0.15, 0.2) is 18.2 Å². The molecule has 2 rings (SSSR count). The number of rotatable bonds is 5. The molecule has 0 aromatic heterocycles. The Kier molecular flexibility index (Phi) is 7.78. The third-order valence-corrected chi connectivity index (χ3v) is 4.56. The van der Waals surface area contributed by atoms with Gasteiger partial charge >= 0.3 is 12.1 Å². The summed E-state index contributed by atoms with van der Waals surface area (Å²) in [5.74, 6) is -1.41. The molecule has 1 aromatic carbocycles. The average Bonchev–Trinajstić information content (AvgIpc) is 2.96. The standard InChI is InChI=1S/C20H28N4O7/c1-20(2,3)31-19(27)23-9-5-8-22(10-11-23)14-6-7-16(24(28)29)15(12-14)18(26)21-13-17(25)30-4/h6-7,12H,5,8-11,13H2,1-4H3,(H,21,26). The second-order valence-electron chi connectivity index (χ2n) is 8.03. The Bertz CT molecular complexity index is 850. The number of nitro benzene ring substituents is 1. The van der Waals surface area contributed by atoms with Gasteiger partial charge in [-0.3, -0.25) is 19.7 Å². The molecule has 1 heterocycles. The minimum atomic E-state index is -0.746. The fraction of sp³-hybridized carbons (Fsp3) is 0.550. The van der Waals surface area contributed by atoms with E-state index in [0.717, 1.165) is 0 Å². The van der Waals surface area contributed by atoms with Gasteiger partial charge in [0.25, 0.3) is 11.6 Å². The van der Waals surface area contributed by atoms with Crippen molar-refractivity contribution in [3.05, 3.63) is 33.9 Å². The average molecular weight is 436 g/mol. The Balaban J connectivity index is 2.17. The summed E-state index contributed by atoms with van der Waals surface area (Å²) in [4.78, 5) is 50.4. The molecule has 0 spiro atoms. The van der Waals surface area contributed by atoms with Crippen molar-refractivity contribution in [2.75, 3.05) is 44.7 Å². The summed E-state index contributed by atoms with van der Waals surface area (Å²) in [6.07, 6.45) is 0.279. The first kappa shape index (κ1) is 23.9. The molecule has 1 aliphatic heterocycles. The first-order valence-corrected chi connectivity index (χ1v) is 9.88. The largest absolute Gasteiger partial charge is 0.468 e. The number of amides is 2. The fourth-order valence-corrected chi connectivity index (χ4v) is 3.07. The second kappa shape index (κ2) is 10.1. The highest BCUT2D eigenvalue weighted by Crippen LogP contribution is 2.26. The van der Waals surface area contributed by atoms with Gasteiger partial charge in [-0.05, 0) is 39.3 Å². The highest BCUT2D eigenvalue weighted by molar-refractivity contribution is 6.00. The van der Waals surface area contributed by atoms with E-state index < -0.39 is 28.9 Å². The van der Waals surface area contributed by atoms with Gasteiger partial charge in [0.1, 0.15) is 17.7 Å². The van der Waals surface area contributed by atoms with E-state index >= 15 is 0 Å². The van der Waals surface area contributed by atoms with Crippen LogP contribution in [0.1, 0.15) is 37.6 Å². The molecule has 11 heteroatoms. The summed E-state index contributed by atoms with van der Waals surface area (Å²) >= 11 is 0. The van der Waals surface area contributed by atoms with E-state index in [0.29, 0.717) is 38.3 Å². The Morgan fingerprint density at radius 1 is 1.16 bits per heavy atom. The van der Waals surface area contributed by atoms with Crippen LogP contribution >= 0.6 is 0 Å². The summed E-state index contributed by atoms with van der Waals surface area (Å²) in [6, 6.07) is 4.26. The molecule has 0 bridgehead atoms. The molecule has 1 aliphatic rings. The lowest BCUT2D eigenvalue weighted by atomic mass is 10.1. The summed E-state index contributed by atoms with van der Waals surface area (Å²) in [7, 11) is 1.18. The predicted molar refractivity (Wildman–Crippen MR) is 112 cm³/mol. The van der Waals surface area contributed by atoms with Crippen molar-refractivity contribution in [1.29, 1.82) is 0 Å². The monoisotopic (exact) mass is 436 g/mol. The molecular weight excluding hydrogens is 408 g/mol. The molecule has 1 fully saturated rings. The molecule has 0 atom stereocenters. The lowest BCUT2D eigenvalue weighted by molar-refractivity contribution is -0.385. The van der Waals surface area contributed by atoms with Gasteiger partial charge in [0.05, 0.1) is 12.0 Å². The maximum absolute atomic E-state index is 12.5. The molecule has 11 nitrogen and oxygen atoms in total. The maximum Gasteiger partial charge on any atom is 0.410 e. The van der Waals surface area contributed by atoms with Gasteiger partial charge in [0.15, 0.2) is 0 Å². The van der Waals surface area contributed by atoms with E-state index in [1.165, 1.54) is 19.2 Å².